The van der Waals surface area contributed by atoms with Gasteiger partial charge in [-0.25, -0.2) is 0 Å². The summed E-state index contributed by atoms with van der Waals surface area (Å²) < 4.78 is 0.343. The molecule has 0 spiro atoms. The maximum Gasteiger partial charge on any atom is 0.239 e. The van der Waals surface area contributed by atoms with Crippen molar-refractivity contribution in [3.05, 3.63) is 0 Å². The van der Waals surface area contributed by atoms with E-state index in [1.807, 2.05) is 6.26 Å². The zero-order chi connectivity index (χ0) is 11.4. The fourth-order valence-electron chi connectivity index (χ4n) is 1.25. The molecule has 0 aromatic carbocycles. The molecule has 0 N–H and O–H groups in total. The van der Waals surface area contributed by atoms with Gasteiger partial charge in [-0.3, -0.25) is 9.69 Å². The van der Waals surface area contributed by atoms with Crippen LogP contribution in [-0.4, -0.2) is 44.9 Å². The van der Waals surface area contributed by atoms with Gasteiger partial charge in [-0.15, -0.1) is 0 Å². The van der Waals surface area contributed by atoms with Gasteiger partial charge in [0.05, 0.1) is 17.8 Å². The molecule has 1 saturated heterocycles. The van der Waals surface area contributed by atoms with Gasteiger partial charge in [0.25, 0.3) is 0 Å². The van der Waals surface area contributed by atoms with E-state index >= 15 is 0 Å². The first-order valence-electron chi connectivity index (χ1n) is 4.26. The minimum atomic E-state index is -1.23. The van der Waals surface area contributed by atoms with Gasteiger partial charge in [0.15, 0.2) is 0 Å². The van der Waals surface area contributed by atoms with Gasteiger partial charge in [0.1, 0.15) is 4.32 Å². The molecule has 0 aromatic rings. The molecule has 1 rings (SSSR count). The van der Waals surface area contributed by atoms with E-state index in [1.54, 1.807) is 0 Å². The number of thiocarbonyl (C=S) groups is 1. The van der Waals surface area contributed by atoms with Crippen LogP contribution in [0.15, 0.2) is 0 Å². The Labute approximate surface area is 102 Å². The van der Waals surface area contributed by atoms with Crippen LogP contribution in [-0.2, 0) is 9.59 Å². The van der Waals surface area contributed by atoms with E-state index in [0.29, 0.717) is 16.5 Å². The van der Waals surface area contributed by atoms with Crippen molar-refractivity contribution >= 4 is 51.9 Å². The molecule has 15 heavy (non-hydrogen) atoms. The number of rotatable bonds is 5. The van der Waals surface area contributed by atoms with Crippen LogP contribution >= 0.6 is 35.7 Å². The van der Waals surface area contributed by atoms with Crippen molar-refractivity contribution in [3.63, 3.8) is 0 Å². The fraction of sp³-hybridized carbons (Fsp3) is 0.625. The van der Waals surface area contributed by atoms with Crippen molar-refractivity contribution in [2.75, 3.05) is 17.8 Å². The van der Waals surface area contributed by atoms with Crippen molar-refractivity contribution < 1.29 is 14.7 Å². The van der Waals surface area contributed by atoms with Crippen LogP contribution in [0.4, 0.5) is 0 Å². The maximum atomic E-state index is 11.4. The van der Waals surface area contributed by atoms with E-state index < -0.39 is 12.0 Å². The topological polar surface area (TPSA) is 60.4 Å². The maximum absolute atomic E-state index is 11.4. The molecule has 0 bridgehead atoms. The lowest BCUT2D eigenvalue weighted by atomic mass is 10.2. The smallest absolute Gasteiger partial charge is 0.239 e. The number of amides is 1. The Morgan fingerprint density at radius 1 is 1.80 bits per heavy atom. The molecule has 0 aromatic heterocycles. The normalized spacial score (nSPS) is 18.3. The standard InChI is InChI=1S/C8H11NO3S3/c1-14-3-2-5(7(11)12)9-6(10)4-15-8(9)13/h5H,2-4H2,1H3,(H,11,12)/p-1. The molecule has 1 atom stereocenters. The van der Waals surface area contributed by atoms with E-state index in [1.165, 1.54) is 28.4 Å². The first-order chi connectivity index (χ1) is 7.07. The average molecular weight is 264 g/mol. The number of aliphatic carboxylic acids is 1. The second-order valence-electron chi connectivity index (χ2n) is 2.93. The fourth-order valence-corrected chi connectivity index (χ4v) is 2.87. The van der Waals surface area contributed by atoms with E-state index in [-0.39, 0.29) is 11.7 Å². The van der Waals surface area contributed by atoms with E-state index in [2.05, 4.69) is 0 Å². The number of carbonyl (C=O) groups is 2. The lowest BCUT2D eigenvalue weighted by Gasteiger charge is -2.27. The third kappa shape index (κ3) is 3.09. The summed E-state index contributed by atoms with van der Waals surface area (Å²) in [7, 11) is 0. The number of carboxylic acid groups (broad SMARTS) is 1. The highest BCUT2D eigenvalue weighted by Crippen LogP contribution is 2.23. The zero-order valence-electron chi connectivity index (χ0n) is 8.10. The molecular formula is C8H10NO3S3-. The van der Waals surface area contributed by atoms with Crippen LogP contribution < -0.4 is 5.11 Å². The number of hydrogen-bond acceptors (Lipinski definition) is 6. The Kier molecular flexibility index (Phi) is 4.88. The van der Waals surface area contributed by atoms with Gasteiger partial charge in [-0.2, -0.15) is 11.8 Å². The third-order valence-corrected chi connectivity index (χ3v) is 3.99. The SMILES string of the molecule is CSCCC(C(=O)[O-])N1C(=O)CSC1=S. The second kappa shape index (κ2) is 5.72. The molecule has 0 saturated carbocycles. The van der Waals surface area contributed by atoms with Gasteiger partial charge in [0, 0.05) is 0 Å². The minimum Gasteiger partial charge on any atom is -0.548 e. The van der Waals surface area contributed by atoms with Crippen LogP contribution in [0, 0.1) is 0 Å². The molecule has 0 aliphatic carbocycles. The van der Waals surface area contributed by atoms with Crippen molar-refractivity contribution in [3.8, 4) is 0 Å². The Bertz CT molecular complexity index is 279. The molecule has 7 heteroatoms. The highest BCUT2D eigenvalue weighted by molar-refractivity contribution is 8.24. The molecule has 1 aliphatic rings. The molecule has 1 aliphatic heterocycles. The molecule has 1 fully saturated rings. The Hall–Kier alpha value is -0.270. The predicted molar refractivity (Wildman–Crippen MR) is 63.7 cm³/mol. The number of thioether (sulfide) groups is 2. The van der Waals surface area contributed by atoms with Gasteiger partial charge < -0.3 is 9.90 Å². The zero-order valence-corrected chi connectivity index (χ0v) is 10.5. The number of carbonyl (C=O) groups excluding carboxylic acids is 2. The van der Waals surface area contributed by atoms with Gasteiger partial charge >= 0.3 is 0 Å². The van der Waals surface area contributed by atoms with E-state index in [0.717, 1.165) is 0 Å². The lowest BCUT2D eigenvalue weighted by molar-refractivity contribution is -0.310. The lowest BCUT2D eigenvalue weighted by Crippen LogP contribution is -2.50. The predicted octanol–water partition coefficient (Wildman–Crippen LogP) is -0.282. The summed E-state index contributed by atoms with van der Waals surface area (Å²) in [6, 6.07) is -0.910. The molecule has 84 valence electrons. The van der Waals surface area contributed by atoms with Crippen molar-refractivity contribution in [1.82, 2.24) is 4.90 Å². The van der Waals surface area contributed by atoms with Crippen molar-refractivity contribution in [1.29, 1.82) is 0 Å². The molecule has 1 heterocycles. The molecule has 4 nitrogen and oxygen atoms in total. The second-order valence-corrected chi connectivity index (χ2v) is 5.53. The summed E-state index contributed by atoms with van der Waals surface area (Å²) in [5.74, 6) is -0.569. The highest BCUT2D eigenvalue weighted by atomic mass is 32.2. The largest absolute Gasteiger partial charge is 0.548 e. The quantitative estimate of drug-likeness (QED) is 0.636. The number of carboxylic acids is 1. The Balaban J connectivity index is 2.74. The summed E-state index contributed by atoms with van der Waals surface area (Å²) >= 11 is 7.67. The summed E-state index contributed by atoms with van der Waals surface area (Å²) in [5.41, 5.74) is 0. The first kappa shape index (κ1) is 12.8. The summed E-state index contributed by atoms with van der Waals surface area (Å²) in [6.07, 6.45) is 2.25. The summed E-state index contributed by atoms with van der Waals surface area (Å²) in [6.45, 7) is 0. The Morgan fingerprint density at radius 2 is 2.47 bits per heavy atom. The summed E-state index contributed by atoms with van der Waals surface area (Å²) in [4.78, 5) is 23.5. The van der Waals surface area contributed by atoms with Crippen molar-refractivity contribution in [2.45, 2.75) is 12.5 Å². The Morgan fingerprint density at radius 3 is 2.87 bits per heavy atom. The van der Waals surface area contributed by atoms with Gasteiger partial charge in [0.2, 0.25) is 5.91 Å². The van der Waals surface area contributed by atoms with Gasteiger partial charge in [-0.1, -0.05) is 24.0 Å². The van der Waals surface area contributed by atoms with Crippen LogP contribution in [0.1, 0.15) is 6.42 Å². The number of hydrogen-bond donors (Lipinski definition) is 0. The molecular weight excluding hydrogens is 254 g/mol. The monoisotopic (exact) mass is 264 g/mol. The van der Waals surface area contributed by atoms with Crippen LogP contribution in [0.25, 0.3) is 0 Å². The minimum absolute atomic E-state index is 0.236. The number of nitrogens with zero attached hydrogens (tertiary/aromatic N) is 1. The molecule has 1 unspecified atom stereocenters. The van der Waals surface area contributed by atoms with Crippen LogP contribution in [0.2, 0.25) is 0 Å². The van der Waals surface area contributed by atoms with E-state index in [4.69, 9.17) is 12.2 Å². The molecule has 0 radical (unpaired) electrons. The average Bonchev–Trinajstić information content (AvgIpc) is 2.49. The van der Waals surface area contributed by atoms with Crippen molar-refractivity contribution in [2.24, 2.45) is 0 Å². The van der Waals surface area contributed by atoms with Crippen LogP contribution in [0.3, 0.4) is 0 Å². The van der Waals surface area contributed by atoms with E-state index in [9.17, 15) is 14.7 Å². The third-order valence-electron chi connectivity index (χ3n) is 1.96. The summed E-state index contributed by atoms with van der Waals surface area (Å²) in [5, 5.41) is 10.9. The van der Waals surface area contributed by atoms with Gasteiger partial charge in [-0.05, 0) is 18.4 Å². The molecule has 1 amide bonds. The van der Waals surface area contributed by atoms with Crippen LogP contribution in [0.5, 0.6) is 0 Å². The first-order valence-corrected chi connectivity index (χ1v) is 7.05. The highest BCUT2D eigenvalue weighted by Gasteiger charge is 2.33.